The topological polar surface area (TPSA) is 79.7 Å². The van der Waals surface area contributed by atoms with E-state index in [4.69, 9.17) is 4.74 Å². The molecule has 1 amide bonds. The lowest BCUT2D eigenvalue weighted by Crippen LogP contribution is -2.30. The van der Waals surface area contributed by atoms with Gasteiger partial charge in [0.15, 0.2) is 0 Å². The van der Waals surface area contributed by atoms with Crippen LogP contribution in [0.2, 0.25) is 0 Å². The largest absolute Gasteiger partial charge is 0.507 e. The van der Waals surface area contributed by atoms with Crippen molar-refractivity contribution in [2.75, 3.05) is 12.0 Å². The minimum atomic E-state index is -0.873. The molecule has 37 heavy (non-hydrogen) atoms. The summed E-state index contributed by atoms with van der Waals surface area (Å²) in [4.78, 5) is 32.8. The van der Waals surface area contributed by atoms with Crippen molar-refractivity contribution in [2.45, 2.75) is 58.4 Å². The second-order valence-corrected chi connectivity index (χ2v) is 11.4. The Balaban J connectivity index is 1.91. The zero-order valence-corrected chi connectivity index (χ0v) is 22.5. The van der Waals surface area contributed by atoms with E-state index >= 15 is 0 Å². The van der Waals surface area contributed by atoms with Crippen molar-refractivity contribution in [3.05, 3.63) is 94.8 Å². The van der Waals surface area contributed by atoms with Gasteiger partial charge in [0.05, 0.1) is 18.4 Å². The highest BCUT2D eigenvalue weighted by molar-refractivity contribution is 6.51. The highest BCUT2D eigenvalue weighted by atomic mass is 16.5. The maximum absolute atomic E-state index is 13.5. The molecule has 6 heteroatoms. The summed E-state index contributed by atoms with van der Waals surface area (Å²) in [7, 11) is 1.60. The maximum Gasteiger partial charge on any atom is 0.300 e. The number of pyridine rings is 1. The quantitative estimate of drug-likeness (QED) is 0.259. The molecule has 1 N–H and O–H groups in total. The lowest BCUT2D eigenvalue weighted by molar-refractivity contribution is -0.132. The van der Waals surface area contributed by atoms with Crippen molar-refractivity contribution in [3.63, 3.8) is 0 Å². The average Bonchev–Trinajstić information content (AvgIpc) is 3.13. The molecule has 3 aromatic rings. The summed E-state index contributed by atoms with van der Waals surface area (Å²) in [5, 5.41) is 11.5. The smallest absolute Gasteiger partial charge is 0.300 e. The number of nitrogens with zero attached hydrogens (tertiary/aromatic N) is 2. The van der Waals surface area contributed by atoms with E-state index in [2.05, 4.69) is 25.8 Å². The molecular formula is C31H34N2O4. The zero-order valence-electron chi connectivity index (χ0n) is 22.5. The van der Waals surface area contributed by atoms with Crippen molar-refractivity contribution in [3.8, 4) is 5.75 Å². The Bertz CT molecular complexity index is 1360. The minimum absolute atomic E-state index is 0.00799. The van der Waals surface area contributed by atoms with Crippen molar-refractivity contribution in [1.82, 2.24) is 4.98 Å². The van der Waals surface area contributed by atoms with Gasteiger partial charge in [-0.1, -0.05) is 59.7 Å². The summed E-state index contributed by atoms with van der Waals surface area (Å²) < 4.78 is 5.53. The van der Waals surface area contributed by atoms with Gasteiger partial charge < -0.3 is 9.84 Å². The molecular weight excluding hydrogens is 464 g/mol. The molecule has 1 unspecified atom stereocenters. The van der Waals surface area contributed by atoms with Gasteiger partial charge in [-0.3, -0.25) is 19.5 Å². The van der Waals surface area contributed by atoms with E-state index in [9.17, 15) is 14.7 Å². The van der Waals surface area contributed by atoms with Crippen molar-refractivity contribution >= 4 is 23.1 Å². The summed E-state index contributed by atoms with van der Waals surface area (Å²) in [6.45, 7) is 12.5. The van der Waals surface area contributed by atoms with Crippen LogP contribution >= 0.6 is 0 Å². The Labute approximate surface area is 218 Å². The standard InChI is InChI=1S/C31H34N2O4/c1-30(2,3)20-12-14-21(15-13-20)33-26(23-10-8-9-17-32-23)25(28(35)29(33)36)27(34)19-11-16-24(37-7)22(18-19)31(4,5)6/h8-18,26,34H,1-7H3/b27-25-. The number of Topliss-reactive ketones (excluding diaryl/α,β-unsaturated/α-hetero) is 1. The summed E-state index contributed by atoms with van der Waals surface area (Å²) in [6, 6.07) is 17.3. The predicted octanol–water partition coefficient (Wildman–Crippen LogP) is 6.31. The molecule has 4 rings (SSSR count). The van der Waals surface area contributed by atoms with Gasteiger partial charge in [0.2, 0.25) is 0 Å². The summed E-state index contributed by atoms with van der Waals surface area (Å²) in [6.07, 6.45) is 1.61. The molecule has 1 fully saturated rings. The lowest BCUT2D eigenvalue weighted by atomic mass is 9.84. The molecule has 0 aliphatic carbocycles. The molecule has 1 saturated heterocycles. The van der Waals surface area contributed by atoms with Gasteiger partial charge >= 0.3 is 0 Å². The maximum atomic E-state index is 13.5. The van der Waals surface area contributed by atoms with E-state index in [-0.39, 0.29) is 22.2 Å². The molecule has 1 aliphatic rings. The van der Waals surface area contributed by atoms with Crippen molar-refractivity contribution in [2.24, 2.45) is 0 Å². The van der Waals surface area contributed by atoms with Gasteiger partial charge in [0.1, 0.15) is 17.6 Å². The molecule has 6 nitrogen and oxygen atoms in total. The highest BCUT2D eigenvalue weighted by Gasteiger charge is 2.47. The van der Waals surface area contributed by atoms with Crippen LogP contribution in [0.5, 0.6) is 5.75 Å². The van der Waals surface area contributed by atoms with E-state index in [0.717, 1.165) is 11.1 Å². The van der Waals surface area contributed by atoms with Gasteiger partial charge in [0, 0.05) is 23.0 Å². The monoisotopic (exact) mass is 498 g/mol. The number of ketones is 1. The molecule has 2 heterocycles. The molecule has 0 bridgehead atoms. The van der Waals surface area contributed by atoms with E-state index in [1.54, 1.807) is 43.6 Å². The molecule has 0 spiro atoms. The fourth-order valence-corrected chi connectivity index (χ4v) is 4.64. The molecule has 192 valence electrons. The first-order chi connectivity index (χ1) is 17.3. The van der Waals surface area contributed by atoms with Crippen molar-refractivity contribution < 1.29 is 19.4 Å². The van der Waals surface area contributed by atoms with Crippen LogP contribution in [0.3, 0.4) is 0 Å². The van der Waals surface area contributed by atoms with Crippen LogP contribution in [0.4, 0.5) is 5.69 Å². The number of aliphatic hydroxyl groups is 1. The normalized spacial score (nSPS) is 17.8. The van der Waals surface area contributed by atoms with E-state index in [1.807, 2.05) is 51.1 Å². The first kappa shape index (κ1) is 26.1. The molecule has 1 atom stereocenters. The van der Waals surface area contributed by atoms with Crippen LogP contribution < -0.4 is 9.64 Å². The van der Waals surface area contributed by atoms with E-state index < -0.39 is 17.7 Å². The third-order valence-electron chi connectivity index (χ3n) is 6.70. The Morgan fingerprint density at radius 1 is 0.919 bits per heavy atom. The fraction of sp³-hybridized carbons (Fsp3) is 0.323. The summed E-state index contributed by atoms with van der Waals surface area (Å²) in [5.74, 6) is -1.01. The van der Waals surface area contributed by atoms with Crippen LogP contribution in [0.25, 0.3) is 5.76 Å². The zero-order chi connectivity index (χ0) is 27.1. The summed E-state index contributed by atoms with van der Waals surface area (Å²) >= 11 is 0. The van der Waals surface area contributed by atoms with Crippen LogP contribution in [-0.4, -0.2) is 28.9 Å². The van der Waals surface area contributed by atoms with Gasteiger partial charge in [0.25, 0.3) is 11.7 Å². The van der Waals surface area contributed by atoms with Crippen LogP contribution in [0.1, 0.15) is 70.0 Å². The predicted molar refractivity (Wildman–Crippen MR) is 146 cm³/mol. The molecule has 0 radical (unpaired) electrons. The molecule has 1 aliphatic heterocycles. The second kappa shape index (κ2) is 9.51. The Morgan fingerprint density at radius 3 is 2.14 bits per heavy atom. The number of rotatable bonds is 4. The van der Waals surface area contributed by atoms with Crippen molar-refractivity contribution in [1.29, 1.82) is 0 Å². The van der Waals surface area contributed by atoms with Crippen LogP contribution in [0.15, 0.2) is 72.4 Å². The number of carbonyl (C=O) groups is 2. The van der Waals surface area contributed by atoms with E-state index in [1.165, 1.54) is 4.90 Å². The number of aliphatic hydroxyl groups excluding tert-OH is 1. The Hall–Kier alpha value is -3.93. The number of methoxy groups -OCH3 is 1. The lowest BCUT2D eigenvalue weighted by Gasteiger charge is -2.26. The second-order valence-electron chi connectivity index (χ2n) is 11.4. The minimum Gasteiger partial charge on any atom is -0.507 e. The number of hydrogen-bond acceptors (Lipinski definition) is 5. The number of amides is 1. The number of benzene rings is 2. The molecule has 1 aromatic heterocycles. The van der Waals surface area contributed by atoms with Gasteiger partial charge in [-0.2, -0.15) is 0 Å². The third-order valence-corrected chi connectivity index (χ3v) is 6.70. The number of carbonyl (C=O) groups excluding carboxylic acids is 2. The average molecular weight is 499 g/mol. The van der Waals surface area contributed by atoms with Gasteiger partial charge in [-0.05, 0) is 58.9 Å². The number of hydrogen-bond donors (Lipinski definition) is 1. The van der Waals surface area contributed by atoms with E-state index in [0.29, 0.717) is 22.7 Å². The highest BCUT2D eigenvalue weighted by Crippen LogP contribution is 2.43. The van der Waals surface area contributed by atoms with Crippen LogP contribution in [-0.2, 0) is 20.4 Å². The number of anilines is 1. The summed E-state index contributed by atoms with van der Waals surface area (Å²) in [5.41, 5.74) is 3.15. The SMILES string of the molecule is COc1ccc(/C(O)=C2/C(=O)C(=O)N(c3ccc(C(C)(C)C)cc3)C2c2ccccn2)cc1C(C)(C)C. The Kier molecular flexibility index (Phi) is 6.72. The third kappa shape index (κ3) is 4.88. The van der Waals surface area contributed by atoms with Crippen LogP contribution in [0, 0.1) is 0 Å². The number of aromatic nitrogens is 1. The molecule has 0 saturated carbocycles. The first-order valence-corrected chi connectivity index (χ1v) is 12.4. The molecule has 2 aromatic carbocycles. The fourth-order valence-electron chi connectivity index (χ4n) is 4.64. The first-order valence-electron chi connectivity index (χ1n) is 12.4. The number of ether oxygens (including phenoxy) is 1. The van der Waals surface area contributed by atoms with Gasteiger partial charge in [-0.15, -0.1) is 0 Å². The Morgan fingerprint density at radius 2 is 1.59 bits per heavy atom. The van der Waals surface area contributed by atoms with Gasteiger partial charge in [-0.25, -0.2) is 0 Å².